The highest BCUT2D eigenvalue weighted by molar-refractivity contribution is 5.78. The first-order chi connectivity index (χ1) is 10.6. The maximum atomic E-state index is 9.38. The number of rotatable bonds is 3. The molecule has 108 valence electrons. The summed E-state index contributed by atoms with van der Waals surface area (Å²) in [5.41, 5.74) is 3.15. The normalized spacial score (nSPS) is 9.50. The molecule has 1 aromatic carbocycles. The van der Waals surface area contributed by atoms with Crippen molar-refractivity contribution in [3.63, 3.8) is 0 Å². The zero-order valence-electron chi connectivity index (χ0n) is 12.6. The van der Waals surface area contributed by atoms with Gasteiger partial charge in [0.15, 0.2) is 0 Å². The van der Waals surface area contributed by atoms with Crippen molar-refractivity contribution >= 4 is 5.71 Å². The maximum absolute atomic E-state index is 9.38. The third-order valence-electron chi connectivity index (χ3n) is 2.99. The predicted octanol–water partition coefficient (Wildman–Crippen LogP) is 3.57. The molecule has 0 aliphatic heterocycles. The van der Waals surface area contributed by atoms with Crippen LogP contribution in [0.15, 0.2) is 35.5 Å². The molecule has 0 amide bonds. The molecule has 0 saturated carbocycles. The van der Waals surface area contributed by atoms with Crippen molar-refractivity contribution in [3.8, 4) is 29.3 Å². The minimum atomic E-state index is 0.0460. The Morgan fingerprint density at radius 3 is 2.27 bits per heavy atom. The number of nitriles is 2. The first-order valence-electron chi connectivity index (χ1n) is 6.67. The summed E-state index contributed by atoms with van der Waals surface area (Å²) in [5, 5.41) is 22.5. The molecule has 0 N–H and O–H groups in total. The van der Waals surface area contributed by atoms with Crippen LogP contribution in [0.5, 0.6) is 5.88 Å². The summed E-state index contributed by atoms with van der Waals surface area (Å²) in [6, 6.07) is 13.5. The highest BCUT2D eigenvalue weighted by atomic mass is 16.6. The van der Waals surface area contributed by atoms with Gasteiger partial charge in [0.25, 0.3) is 5.88 Å². The lowest BCUT2D eigenvalue weighted by molar-refractivity contribution is 0.326. The third-order valence-corrected chi connectivity index (χ3v) is 2.99. The Balaban J connectivity index is 2.72. The van der Waals surface area contributed by atoms with E-state index < -0.39 is 0 Å². The summed E-state index contributed by atoms with van der Waals surface area (Å²) in [6.07, 6.45) is 0. The molecule has 22 heavy (non-hydrogen) atoms. The van der Waals surface area contributed by atoms with Crippen molar-refractivity contribution in [2.45, 2.75) is 20.8 Å². The van der Waals surface area contributed by atoms with Crippen LogP contribution < -0.4 is 4.84 Å². The maximum Gasteiger partial charge on any atom is 0.268 e. The summed E-state index contributed by atoms with van der Waals surface area (Å²) in [7, 11) is 0. The topological polar surface area (TPSA) is 82.1 Å². The summed E-state index contributed by atoms with van der Waals surface area (Å²) >= 11 is 0. The number of hydrogen-bond donors (Lipinski definition) is 0. The molecular weight excluding hydrogens is 276 g/mol. The molecule has 1 heterocycles. The van der Waals surface area contributed by atoms with Gasteiger partial charge in [-0.1, -0.05) is 35.5 Å². The van der Waals surface area contributed by atoms with Crippen LogP contribution in [0.1, 0.15) is 30.5 Å². The van der Waals surface area contributed by atoms with Crippen molar-refractivity contribution < 1.29 is 4.84 Å². The lowest BCUT2D eigenvalue weighted by atomic mass is 9.99. The number of pyridine rings is 1. The standard InChI is InChI=1S/C17H14N4O/c1-11(2)21-22-17-15(10-19)14(9-18)12(3)16(20-17)13-7-5-4-6-8-13/h4-8H,1-3H3. The highest BCUT2D eigenvalue weighted by Crippen LogP contribution is 2.30. The predicted molar refractivity (Wildman–Crippen MR) is 83.3 cm³/mol. The smallest absolute Gasteiger partial charge is 0.268 e. The SMILES string of the molecule is CC(C)=NOc1nc(-c2ccccc2)c(C)c(C#N)c1C#N. The second kappa shape index (κ2) is 6.51. The fourth-order valence-electron chi connectivity index (χ4n) is 1.98. The van der Waals surface area contributed by atoms with Crippen LogP contribution in [0, 0.1) is 29.6 Å². The van der Waals surface area contributed by atoms with Crippen molar-refractivity contribution in [2.75, 3.05) is 0 Å². The van der Waals surface area contributed by atoms with E-state index in [9.17, 15) is 10.5 Å². The Bertz CT molecular complexity index is 807. The molecule has 5 heteroatoms. The van der Waals surface area contributed by atoms with Gasteiger partial charge in [-0.25, -0.2) is 4.98 Å². The number of benzene rings is 1. The van der Waals surface area contributed by atoms with Crippen LogP contribution >= 0.6 is 0 Å². The summed E-state index contributed by atoms with van der Waals surface area (Å²) in [4.78, 5) is 9.64. The van der Waals surface area contributed by atoms with E-state index in [2.05, 4.69) is 16.2 Å². The van der Waals surface area contributed by atoms with Gasteiger partial charge in [0.1, 0.15) is 17.7 Å². The average Bonchev–Trinajstić information content (AvgIpc) is 2.53. The summed E-state index contributed by atoms with van der Waals surface area (Å²) in [6.45, 7) is 5.31. The number of nitrogens with zero attached hydrogens (tertiary/aromatic N) is 4. The van der Waals surface area contributed by atoms with Crippen LogP contribution in [0.4, 0.5) is 0 Å². The molecule has 0 atom stereocenters. The molecule has 5 nitrogen and oxygen atoms in total. The fraction of sp³-hybridized carbons (Fsp3) is 0.176. The van der Waals surface area contributed by atoms with E-state index in [0.29, 0.717) is 17.0 Å². The minimum Gasteiger partial charge on any atom is -0.335 e. The van der Waals surface area contributed by atoms with E-state index in [-0.39, 0.29) is 17.0 Å². The van der Waals surface area contributed by atoms with Crippen molar-refractivity contribution in [3.05, 3.63) is 47.0 Å². The van der Waals surface area contributed by atoms with Crippen molar-refractivity contribution in [1.82, 2.24) is 4.98 Å². The van der Waals surface area contributed by atoms with Gasteiger partial charge in [-0.2, -0.15) is 10.5 Å². The Morgan fingerprint density at radius 1 is 1.09 bits per heavy atom. The number of hydrogen-bond acceptors (Lipinski definition) is 5. The quantitative estimate of drug-likeness (QED) is 0.639. The van der Waals surface area contributed by atoms with Crippen LogP contribution in [0.25, 0.3) is 11.3 Å². The van der Waals surface area contributed by atoms with Gasteiger partial charge in [0.2, 0.25) is 0 Å². The Hall–Kier alpha value is -3.18. The van der Waals surface area contributed by atoms with Crippen molar-refractivity contribution in [2.24, 2.45) is 5.16 Å². The van der Waals surface area contributed by atoms with Gasteiger partial charge >= 0.3 is 0 Å². The van der Waals surface area contributed by atoms with E-state index >= 15 is 0 Å². The van der Waals surface area contributed by atoms with Gasteiger partial charge in [0.05, 0.1) is 17.0 Å². The molecule has 0 unspecified atom stereocenters. The molecule has 0 saturated heterocycles. The van der Waals surface area contributed by atoms with Gasteiger partial charge < -0.3 is 4.84 Å². The lowest BCUT2D eigenvalue weighted by Crippen LogP contribution is -2.02. The molecule has 0 aliphatic rings. The van der Waals surface area contributed by atoms with E-state index in [4.69, 9.17) is 4.84 Å². The largest absolute Gasteiger partial charge is 0.335 e. The van der Waals surface area contributed by atoms with Gasteiger partial charge in [-0.05, 0) is 26.3 Å². The second-order valence-corrected chi connectivity index (χ2v) is 4.86. The first-order valence-corrected chi connectivity index (χ1v) is 6.67. The molecule has 0 radical (unpaired) electrons. The van der Waals surface area contributed by atoms with Gasteiger partial charge in [-0.15, -0.1) is 0 Å². The Kier molecular flexibility index (Phi) is 4.50. The highest BCUT2D eigenvalue weighted by Gasteiger charge is 2.19. The third kappa shape index (κ3) is 2.94. The Labute approximate surface area is 129 Å². The first kappa shape index (κ1) is 15.2. The zero-order valence-corrected chi connectivity index (χ0v) is 12.6. The molecular formula is C17H14N4O. The average molecular weight is 290 g/mol. The molecule has 2 aromatic rings. The molecule has 0 spiro atoms. The molecule has 0 fully saturated rings. The number of aromatic nitrogens is 1. The molecule has 0 aliphatic carbocycles. The van der Waals surface area contributed by atoms with Crippen LogP contribution in [0.3, 0.4) is 0 Å². The van der Waals surface area contributed by atoms with E-state index in [1.54, 1.807) is 20.8 Å². The van der Waals surface area contributed by atoms with Crippen LogP contribution in [-0.4, -0.2) is 10.7 Å². The second-order valence-electron chi connectivity index (χ2n) is 4.86. The van der Waals surface area contributed by atoms with Gasteiger partial charge in [-0.3, -0.25) is 0 Å². The minimum absolute atomic E-state index is 0.0460. The van der Waals surface area contributed by atoms with Crippen molar-refractivity contribution in [1.29, 1.82) is 10.5 Å². The van der Waals surface area contributed by atoms with Gasteiger partial charge in [0, 0.05) is 5.56 Å². The monoisotopic (exact) mass is 290 g/mol. The number of oxime groups is 1. The Morgan fingerprint density at radius 2 is 1.73 bits per heavy atom. The lowest BCUT2D eigenvalue weighted by Gasteiger charge is -2.11. The molecule has 2 rings (SSSR count). The summed E-state index contributed by atoms with van der Waals surface area (Å²) in [5.74, 6) is 0.0460. The van der Waals surface area contributed by atoms with E-state index in [0.717, 1.165) is 5.56 Å². The van der Waals surface area contributed by atoms with E-state index in [1.165, 1.54) is 0 Å². The zero-order chi connectivity index (χ0) is 16.1. The fourth-order valence-corrected chi connectivity index (χ4v) is 1.98. The van der Waals surface area contributed by atoms with Crippen LogP contribution in [-0.2, 0) is 0 Å². The molecule has 1 aromatic heterocycles. The van der Waals surface area contributed by atoms with Crippen LogP contribution in [0.2, 0.25) is 0 Å². The van der Waals surface area contributed by atoms with E-state index in [1.807, 2.05) is 36.4 Å². The summed E-state index contributed by atoms with van der Waals surface area (Å²) < 4.78 is 0. The molecule has 0 bridgehead atoms.